The lowest BCUT2D eigenvalue weighted by atomic mass is 9.87. The average Bonchev–Trinajstić information content (AvgIpc) is 2.79. The highest BCUT2D eigenvalue weighted by atomic mass is 32.2. The van der Waals surface area contributed by atoms with Crippen LogP contribution < -0.4 is 10.0 Å². The first-order valence-corrected chi connectivity index (χ1v) is 12.2. The van der Waals surface area contributed by atoms with Crippen molar-refractivity contribution in [2.75, 3.05) is 5.32 Å². The Balaban J connectivity index is 1.66. The topological polar surface area (TPSA) is 113 Å². The highest BCUT2D eigenvalue weighted by Gasteiger charge is 2.17. The molecule has 0 heterocycles. The lowest BCUT2D eigenvalue weighted by Gasteiger charge is -2.20. The Kier molecular flexibility index (Phi) is 7.24. The van der Waals surface area contributed by atoms with Crippen molar-refractivity contribution >= 4 is 27.4 Å². The Morgan fingerprint density at radius 1 is 0.882 bits per heavy atom. The lowest BCUT2D eigenvalue weighted by molar-refractivity contribution is 0.101. The molecule has 8 heteroatoms. The van der Waals surface area contributed by atoms with Crippen molar-refractivity contribution in [2.24, 2.45) is 0 Å². The fraction of sp³-hybridized carbons (Fsp3) is 0.231. The number of phenols is 1. The first-order chi connectivity index (χ1) is 15.9. The van der Waals surface area contributed by atoms with Crippen LogP contribution in [0.3, 0.4) is 0 Å². The molecule has 0 spiro atoms. The second kappa shape index (κ2) is 9.79. The predicted octanol–water partition coefficient (Wildman–Crippen LogP) is 4.62. The number of Topliss-reactive ketones (excluding diaryl/α,β-unsaturated/α-hetero) is 1. The summed E-state index contributed by atoms with van der Waals surface area (Å²) in [6, 6.07) is 17.3. The molecule has 0 radical (unpaired) electrons. The molecule has 0 aliphatic carbocycles. The Labute approximate surface area is 199 Å². The van der Waals surface area contributed by atoms with E-state index in [-0.39, 0.29) is 34.3 Å². The lowest BCUT2D eigenvalue weighted by Crippen LogP contribution is -2.23. The Bertz CT molecular complexity index is 1310. The minimum atomic E-state index is -3.76. The Hall–Kier alpha value is -3.49. The number of carbonyl (C=O) groups is 2. The van der Waals surface area contributed by atoms with Crippen LogP contribution in [0.4, 0.5) is 5.69 Å². The SMILES string of the molecule is CC(=O)c1ccc(S(=O)(=O)NCc2ccc(C(=O)Nc3cc(C(C)(C)C)ccc3O)cc2)cc1. The number of anilines is 1. The normalized spacial score (nSPS) is 11.8. The molecular weight excluding hydrogens is 452 g/mol. The van der Waals surface area contributed by atoms with E-state index in [2.05, 4.69) is 10.0 Å². The molecule has 3 aromatic rings. The summed E-state index contributed by atoms with van der Waals surface area (Å²) in [6.45, 7) is 7.57. The zero-order valence-corrected chi connectivity index (χ0v) is 20.4. The van der Waals surface area contributed by atoms with Crippen LogP contribution >= 0.6 is 0 Å². The van der Waals surface area contributed by atoms with Gasteiger partial charge in [0, 0.05) is 17.7 Å². The van der Waals surface area contributed by atoms with Crippen molar-refractivity contribution in [1.29, 1.82) is 0 Å². The number of aromatic hydroxyl groups is 1. The van der Waals surface area contributed by atoms with Crippen molar-refractivity contribution in [2.45, 2.75) is 44.6 Å². The summed E-state index contributed by atoms with van der Waals surface area (Å²) in [7, 11) is -3.76. The molecule has 3 N–H and O–H groups in total. The molecule has 0 saturated heterocycles. The number of benzene rings is 3. The molecule has 34 heavy (non-hydrogen) atoms. The van der Waals surface area contributed by atoms with Gasteiger partial charge in [-0.05, 0) is 59.9 Å². The fourth-order valence-corrected chi connectivity index (χ4v) is 4.22. The van der Waals surface area contributed by atoms with Crippen LogP contribution in [0.15, 0.2) is 71.6 Å². The van der Waals surface area contributed by atoms with Gasteiger partial charge < -0.3 is 10.4 Å². The van der Waals surface area contributed by atoms with Crippen LogP contribution in [0.2, 0.25) is 0 Å². The van der Waals surface area contributed by atoms with Crippen molar-refractivity contribution in [3.63, 3.8) is 0 Å². The van der Waals surface area contributed by atoms with E-state index in [9.17, 15) is 23.1 Å². The van der Waals surface area contributed by atoms with Crippen LogP contribution in [0, 0.1) is 0 Å². The van der Waals surface area contributed by atoms with Gasteiger partial charge in [0.2, 0.25) is 10.0 Å². The van der Waals surface area contributed by atoms with Crippen molar-refractivity contribution in [1.82, 2.24) is 4.72 Å². The molecule has 3 rings (SSSR count). The number of amides is 1. The maximum absolute atomic E-state index is 12.7. The first-order valence-electron chi connectivity index (χ1n) is 10.7. The number of hydrogen-bond donors (Lipinski definition) is 3. The van der Waals surface area contributed by atoms with Crippen molar-refractivity contribution in [3.8, 4) is 5.75 Å². The van der Waals surface area contributed by atoms with E-state index in [1.54, 1.807) is 36.4 Å². The summed E-state index contributed by atoms with van der Waals surface area (Å²) < 4.78 is 27.5. The minimum Gasteiger partial charge on any atom is -0.506 e. The van der Waals surface area contributed by atoms with Gasteiger partial charge in [0.15, 0.2) is 5.78 Å². The van der Waals surface area contributed by atoms with Crippen LogP contribution in [0.25, 0.3) is 0 Å². The molecule has 7 nitrogen and oxygen atoms in total. The van der Waals surface area contributed by atoms with Gasteiger partial charge >= 0.3 is 0 Å². The Morgan fingerprint density at radius 3 is 2.03 bits per heavy atom. The summed E-state index contributed by atoms with van der Waals surface area (Å²) in [4.78, 5) is 24.1. The van der Waals surface area contributed by atoms with E-state index in [4.69, 9.17) is 0 Å². The van der Waals surface area contributed by atoms with E-state index in [0.29, 0.717) is 22.4 Å². The molecule has 0 fully saturated rings. The van der Waals surface area contributed by atoms with Crippen LogP contribution in [0.5, 0.6) is 5.75 Å². The molecule has 178 valence electrons. The summed E-state index contributed by atoms with van der Waals surface area (Å²) in [5, 5.41) is 12.9. The van der Waals surface area contributed by atoms with Gasteiger partial charge in [-0.2, -0.15) is 0 Å². The van der Waals surface area contributed by atoms with Gasteiger partial charge in [-0.1, -0.05) is 51.1 Å². The van der Waals surface area contributed by atoms with Crippen LogP contribution in [0.1, 0.15) is 59.5 Å². The number of rotatable bonds is 7. The zero-order valence-electron chi connectivity index (χ0n) is 19.5. The fourth-order valence-electron chi connectivity index (χ4n) is 3.20. The molecule has 1 amide bonds. The maximum Gasteiger partial charge on any atom is 0.255 e. The monoisotopic (exact) mass is 480 g/mol. The number of ketones is 1. The largest absolute Gasteiger partial charge is 0.506 e. The summed E-state index contributed by atoms with van der Waals surface area (Å²) in [5.41, 5.74) is 2.62. The molecule has 0 aliphatic heterocycles. The third-order valence-corrected chi connectivity index (χ3v) is 6.78. The van der Waals surface area contributed by atoms with Crippen LogP contribution in [-0.2, 0) is 22.0 Å². The van der Waals surface area contributed by atoms with Gasteiger partial charge in [0.1, 0.15) is 5.75 Å². The molecule has 3 aromatic carbocycles. The van der Waals surface area contributed by atoms with Gasteiger partial charge in [-0.3, -0.25) is 9.59 Å². The van der Waals surface area contributed by atoms with E-state index in [0.717, 1.165) is 5.56 Å². The number of hydrogen-bond acceptors (Lipinski definition) is 5. The van der Waals surface area contributed by atoms with Crippen molar-refractivity contribution < 1.29 is 23.1 Å². The van der Waals surface area contributed by atoms with E-state index >= 15 is 0 Å². The van der Waals surface area contributed by atoms with Crippen molar-refractivity contribution in [3.05, 3.63) is 89.0 Å². The second-order valence-corrected chi connectivity index (χ2v) is 10.8. The van der Waals surface area contributed by atoms with Gasteiger partial charge in [-0.15, -0.1) is 0 Å². The summed E-state index contributed by atoms with van der Waals surface area (Å²) >= 11 is 0. The first kappa shape index (κ1) is 25.1. The quantitative estimate of drug-likeness (QED) is 0.337. The van der Waals surface area contributed by atoms with Gasteiger partial charge in [0.25, 0.3) is 5.91 Å². The number of nitrogens with one attached hydrogen (secondary N) is 2. The van der Waals surface area contributed by atoms with E-state index < -0.39 is 10.0 Å². The third kappa shape index (κ3) is 6.09. The third-order valence-electron chi connectivity index (χ3n) is 5.36. The molecule has 0 bridgehead atoms. The highest BCUT2D eigenvalue weighted by Crippen LogP contribution is 2.31. The van der Waals surface area contributed by atoms with Crippen LogP contribution in [-0.4, -0.2) is 25.2 Å². The summed E-state index contributed by atoms with van der Waals surface area (Å²) in [6.07, 6.45) is 0. The summed E-state index contributed by atoms with van der Waals surface area (Å²) in [5.74, 6) is -0.555. The highest BCUT2D eigenvalue weighted by molar-refractivity contribution is 7.89. The standard InChI is InChI=1S/C26H28N2O5S/c1-17(29)19-9-12-22(13-10-19)34(32,33)27-16-18-5-7-20(8-6-18)25(31)28-23-15-21(26(2,3)4)11-14-24(23)30/h5-15,27,30H,16H2,1-4H3,(H,28,31). The zero-order chi connectivity index (χ0) is 25.1. The molecule has 0 aliphatic rings. The van der Waals surface area contributed by atoms with E-state index in [1.807, 2.05) is 26.8 Å². The average molecular weight is 481 g/mol. The van der Waals surface area contributed by atoms with Gasteiger partial charge in [-0.25, -0.2) is 13.1 Å². The number of sulfonamides is 1. The maximum atomic E-state index is 12.7. The molecule has 0 aromatic heterocycles. The van der Waals surface area contributed by atoms with E-state index in [1.165, 1.54) is 31.2 Å². The number of phenolic OH excluding ortho intramolecular Hbond substituents is 1. The molecule has 0 unspecified atom stereocenters. The Morgan fingerprint density at radius 2 is 1.47 bits per heavy atom. The molecular formula is C26H28N2O5S. The minimum absolute atomic E-state index is 0.0243. The predicted molar refractivity (Wildman–Crippen MR) is 132 cm³/mol. The second-order valence-electron chi connectivity index (χ2n) is 9.04. The smallest absolute Gasteiger partial charge is 0.255 e. The van der Waals surface area contributed by atoms with Gasteiger partial charge in [0.05, 0.1) is 10.6 Å². The molecule has 0 atom stereocenters. The number of carbonyl (C=O) groups excluding carboxylic acids is 2. The molecule has 0 saturated carbocycles.